The zero-order chi connectivity index (χ0) is 15.2. The van der Waals surface area contributed by atoms with E-state index in [9.17, 15) is 9.18 Å². The quantitative estimate of drug-likeness (QED) is 0.855. The van der Waals surface area contributed by atoms with Gasteiger partial charge in [0.15, 0.2) is 0 Å². The van der Waals surface area contributed by atoms with Gasteiger partial charge in [0, 0.05) is 30.4 Å². The Hall–Kier alpha value is -2.27. The summed E-state index contributed by atoms with van der Waals surface area (Å²) >= 11 is 0. The molecule has 0 atom stereocenters. The first-order valence-electron chi connectivity index (χ1n) is 6.83. The van der Waals surface area contributed by atoms with Crippen LogP contribution in [0.5, 0.6) is 0 Å². The molecule has 0 aliphatic carbocycles. The van der Waals surface area contributed by atoms with Crippen LogP contribution in [0.1, 0.15) is 34.1 Å². The highest BCUT2D eigenvalue weighted by Crippen LogP contribution is 2.11. The molecular formula is C16H18FN3O. The first kappa shape index (κ1) is 15.1. The SMILES string of the molecule is CCc1cccnc1CNCc1cc(C(N)=O)ccc1F. The molecule has 2 rings (SSSR count). The van der Waals surface area contributed by atoms with Crippen LogP contribution in [0.2, 0.25) is 0 Å². The molecule has 1 aromatic heterocycles. The van der Waals surface area contributed by atoms with Gasteiger partial charge in [0.2, 0.25) is 5.91 Å². The molecular weight excluding hydrogens is 269 g/mol. The number of hydrogen-bond acceptors (Lipinski definition) is 3. The number of hydrogen-bond donors (Lipinski definition) is 2. The van der Waals surface area contributed by atoms with E-state index in [1.54, 1.807) is 6.20 Å². The van der Waals surface area contributed by atoms with Crippen LogP contribution in [0.3, 0.4) is 0 Å². The Labute approximate surface area is 123 Å². The summed E-state index contributed by atoms with van der Waals surface area (Å²) in [7, 11) is 0. The molecule has 4 nitrogen and oxygen atoms in total. The highest BCUT2D eigenvalue weighted by atomic mass is 19.1. The van der Waals surface area contributed by atoms with Gasteiger partial charge in [-0.05, 0) is 36.2 Å². The molecule has 0 aliphatic rings. The summed E-state index contributed by atoms with van der Waals surface area (Å²) in [6.45, 7) is 2.92. The average Bonchev–Trinajstić information content (AvgIpc) is 2.49. The summed E-state index contributed by atoms with van der Waals surface area (Å²) in [4.78, 5) is 15.4. The lowest BCUT2D eigenvalue weighted by Crippen LogP contribution is -2.17. The molecule has 1 aromatic carbocycles. The van der Waals surface area contributed by atoms with E-state index in [1.807, 2.05) is 12.1 Å². The van der Waals surface area contributed by atoms with Gasteiger partial charge in [-0.3, -0.25) is 9.78 Å². The molecule has 5 heteroatoms. The Bertz CT molecular complexity index is 643. The standard InChI is InChI=1S/C16H18FN3O/c1-2-11-4-3-7-20-15(11)10-19-9-13-8-12(16(18)21)5-6-14(13)17/h3-8,19H,2,9-10H2,1H3,(H2,18,21). The van der Waals surface area contributed by atoms with Crippen molar-refractivity contribution < 1.29 is 9.18 Å². The number of rotatable bonds is 6. The Morgan fingerprint density at radius 1 is 1.29 bits per heavy atom. The molecule has 1 amide bonds. The largest absolute Gasteiger partial charge is 0.366 e. The number of benzene rings is 1. The number of halogens is 1. The van der Waals surface area contributed by atoms with Crippen LogP contribution >= 0.6 is 0 Å². The highest BCUT2D eigenvalue weighted by molar-refractivity contribution is 5.92. The van der Waals surface area contributed by atoms with Gasteiger partial charge >= 0.3 is 0 Å². The zero-order valence-corrected chi connectivity index (χ0v) is 11.9. The molecule has 0 radical (unpaired) electrons. The summed E-state index contributed by atoms with van der Waals surface area (Å²) in [5.41, 5.74) is 8.03. The summed E-state index contributed by atoms with van der Waals surface area (Å²) in [5.74, 6) is -0.918. The summed E-state index contributed by atoms with van der Waals surface area (Å²) < 4.78 is 13.7. The number of carbonyl (C=O) groups excluding carboxylic acids is 1. The van der Waals surface area contributed by atoms with Crippen molar-refractivity contribution in [1.82, 2.24) is 10.3 Å². The Morgan fingerprint density at radius 2 is 2.10 bits per heavy atom. The molecule has 3 N–H and O–H groups in total. The topological polar surface area (TPSA) is 68.0 Å². The molecule has 0 bridgehead atoms. The van der Waals surface area contributed by atoms with Crippen LogP contribution < -0.4 is 11.1 Å². The van der Waals surface area contributed by atoms with Gasteiger partial charge < -0.3 is 11.1 Å². The molecule has 0 saturated carbocycles. The third-order valence-corrected chi connectivity index (χ3v) is 3.30. The van der Waals surface area contributed by atoms with Gasteiger partial charge in [-0.15, -0.1) is 0 Å². The average molecular weight is 287 g/mol. The highest BCUT2D eigenvalue weighted by Gasteiger charge is 2.07. The van der Waals surface area contributed by atoms with E-state index in [-0.39, 0.29) is 5.82 Å². The van der Waals surface area contributed by atoms with Crippen molar-refractivity contribution in [3.8, 4) is 0 Å². The van der Waals surface area contributed by atoms with Gasteiger partial charge in [0.1, 0.15) is 5.82 Å². The van der Waals surface area contributed by atoms with Crippen LogP contribution in [0, 0.1) is 5.82 Å². The summed E-state index contributed by atoms with van der Waals surface area (Å²) in [5, 5.41) is 3.15. The molecule has 2 aromatic rings. The summed E-state index contributed by atoms with van der Waals surface area (Å²) in [6.07, 6.45) is 2.64. The maximum absolute atomic E-state index is 13.7. The second-order valence-electron chi connectivity index (χ2n) is 4.74. The van der Waals surface area contributed by atoms with E-state index in [0.29, 0.717) is 24.2 Å². The molecule has 110 valence electrons. The number of nitrogens with one attached hydrogen (secondary N) is 1. The number of nitrogens with two attached hydrogens (primary N) is 1. The Morgan fingerprint density at radius 3 is 2.81 bits per heavy atom. The monoisotopic (exact) mass is 287 g/mol. The van der Waals surface area contributed by atoms with Gasteiger partial charge in [-0.2, -0.15) is 0 Å². The van der Waals surface area contributed by atoms with Crippen LogP contribution in [-0.4, -0.2) is 10.9 Å². The van der Waals surface area contributed by atoms with Crippen LogP contribution in [0.4, 0.5) is 4.39 Å². The van der Waals surface area contributed by atoms with E-state index in [1.165, 1.54) is 18.2 Å². The number of aryl methyl sites for hydroxylation is 1. The second kappa shape index (κ2) is 6.95. The number of nitrogens with zero attached hydrogens (tertiary/aromatic N) is 1. The van der Waals surface area contributed by atoms with Crippen LogP contribution in [0.25, 0.3) is 0 Å². The molecule has 1 heterocycles. The molecule has 0 saturated heterocycles. The number of aromatic nitrogens is 1. The van der Waals surface area contributed by atoms with Gasteiger partial charge in [-0.1, -0.05) is 13.0 Å². The normalized spacial score (nSPS) is 10.6. The third kappa shape index (κ3) is 3.86. The minimum absolute atomic E-state index is 0.306. The van der Waals surface area contributed by atoms with Crippen molar-refractivity contribution in [2.45, 2.75) is 26.4 Å². The lowest BCUT2D eigenvalue weighted by molar-refractivity contribution is 0.1000. The molecule has 0 aliphatic heterocycles. The van der Waals surface area contributed by atoms with E-state index in [2.05, 4.69) is 17.2 Å². The fourth-order valence-electron chi connectivity index (χ4n) is 2.13. The van der Waals surface area contributed by atoms with Crippen molar-refractivity contribution in [3.63, 3.8) is 0 Å². The molecule has 21 heavy (non-hydrogen) atoms. The van der Waals surface area contributed by atoms with Crippen molar-refractivity contribution >= 4 is 5.91 Å². The minimum atomic E-state index is -0.561. The smallest absolute Gasteiger partial charge is 0.248 e. The lowest BCUT2D eigenvalue weighted by atomic mass is 10.1. The first-order chi connectivity index (χ1) is 10.1. The maximum Gasteiger partial charge on any atom is 0.248 e. The third-order valence-electron chi connectivity index (χ3n) is 3.30. The first-order valence-corrected chi connectivity index (χ1v) is 6.83. The Kier molecular flexibility index (Phi) is 5.00. The van der Waals surface area contributed by atoms with Gasteiger partial charge in [-0.25, -0.2) is 4.39 Å². The van der Waals surface area contributed by atoms with Crippen molar-refractivity contribution in [2.75, 3.05) is 0 Å². The number of amides is 1. The van der Waals surface area contributed by atoms with Crippen LogP contribution in [0.15, 0.2) is 36.5 Å². The number of carbonyl (C=O) groups is 1. The Balaban J connectivity index is 2.03. The van der Waals surface area contributed by atoms with E-state index >= 15 is 0 Å². The predicted molar refractivity (Wildman–Crippen MR) is 79.1 cm³/mol. The van der Waals surface area contributed by atoms with Gasteiger partial charge in [0.05, 0.1) is 5.69 Å². The minimum Gasteiger partial charge on any atom is -0.366 e. The molecule has 0 spiro atoms. The summed E-state index contributed by atoms with van der Waals surface area (Å²) in [6, 6.07) is 8.05. The van der Waals surface area contributed by atoms with Crippen molar-refractivity contribution in [2.24, 2.45) is 5.73 Å². The number of primary amides is 1. The lowest BCUT2D eigenvalue weighted by Gasteiger charge is -2.09. The van der Waals surface area contributed by atoms with E-state index in [0.717, 1.165) is 17.7 Å². The molecule has 0 unspecified atom stereocenters. The fraction of sp³-hybridized carbons (Fsp3) is 0.250. The fourth-order valence-corrected chi connectivity index (χ4v) is 2.13. The predicted octanol–water partition coefficient (Wildman–Crippen LogP) is 2.17. The van der Waals surface area contributed by atoms with E-state index in [4.69, 9.17) is 5.73 Å². The second-order valence-corrected chi connectivity index (χ2v) is 4.74. The van der Waals surface area contributed by atoms with Crippen molar-refractivity contribution in [1.29, 1.82) is 0 Å². The zero-order valence-electron chi connectivity index (χ0n) is 11.9. The maximum atomic E-state index is 13.7. The van der Waals surface area contributed by atoms with E-state index < -0.39 is 5.91 Å². The molecule has 0 fully saturated rings. The van der Waals surface area contributed by atoms with Crippen molar-refractivity contribution in [3.05, 3.63) is 64.7 Å². The van der Waals surface area contributed by atoms with Crippen LogP contribution in [-0.2, 0) is 19.5 Å². The van der Waals surface area contributed by atoms with Gasteiger partial charge in [0.25, 0.3) is 0 Å². The number of pyridine rings is 1.